The van der Waals surface area contributed by atoms with E-state index in [4.69, 9.17) is 5.21 Å². The van der Waals surface area contributed by atoms with Crippen LogP contribution in [0.2, 0.25) is 0 Å². The van der Waals surface area contributed by atoms with Gasteiger partial charge in [-0.25, -0.2) is 4.99 Å². The lowest BCUT2D eigenvalue weighted by Gasteiger charge is -2.05. The van der Waals surface area contributed by atoms with Gasteiger partial charge in [0.2, 0.25) is 0 Å². The minimum Gasteiger partial charge on any atom is -0.411 e. The second kappa shape index (κ2) is 4.64. The number of hydrogen-bond donors (Lipinski definition) is 1. The van der Waals surface area contributed by atoms with Gasteiger partial charge in [-0.05, 0) is 13.8 Å². The lowest BCUT2D eigenvalue weighted by Crippen LogP contribution is -2.11. The van der Waals surface area contributed by atoms with Crippen LogP contribution in [0, 0.1) is 0 Å². The van der Waals surface area contributed by atoms with E-state index in [0.29, 0.717) is 0 Å². The summed E-state index contributed by atoms with van der Waals surface area (Å²) >= 11 is 0. The molecule has 0 aromatic carbocycles. The molecule has 0 aromatic rings. The molecule has 0 amide bonds. The minimum absolute atomic E-state index is 0.0204. The third kappa shape index (κ3) is 4.29. The van der Waals surface area contributed by atoms with Crippen LogP contribution < -0.4 is 0 Å². The molecular weight excluding hydrogens is 185 g/mol. The van der Waals surface area contributed by atoms with Gasteiger partial charge in [0.15, 0.2) is 0 Å². The van der Waals surface area contributed by atoms with Crippen molar-refractivity contribution >= 4 is 11.9 Å². The van der Waals surface area contributed by atoms with E-state index in [-0.39, 0.29) is 5.71 Å². The highest BCUT2D eigenvalue weighted by Gasteiger charge is 2.32. The van der Waals surface area contributed by atoms with E-state index < -0.39 is 11.9 Å². The number of nitrogens with zero attached hydrogens (tertiary/aromatic N) is 2. The summed E-state index contributed by atoms with van der Waals surface area (Å²) in [5, 5.41) is 10.6. The van der Waals surface area contributed by atoms with Crippen molar-refractivity contribution in [2.75, 3.05) is 0 Å². The SMILES string of the molecule is C\C=C(/N=C(C)\C=N\O)C(F)(F)F. The van der Waals surface area contributed by atoms with E-state index >= 15 is 0 Å². The fraction of sp³-hybridized carbons (Fsp3) is 0.429. The Morgan fingerprint density at radius 2 is 1.92 bits per heavy atom. The summed E-state index contributed by atoms with van der Waals surface area (Å²) in [6.07, 6.45) is -2.80. The molecule has 0 rings (SSSR count). The van der Waals surface area contributed by atoms with Crippen LogP contribution in [0.5, 0.6) is 0 Å². The lowest BCUT2D eigenvalue weighted by molar-refractivity contribution is -0.0924. The summed E-state index contributed by atoms with van der Waals surface area (Å²) in [6.45, 7) is 2.53. The number of hydrogen-bond acceptors (Lipinski definition) is 3. The fourth-order valence-electron chi connectivity index (χ4n) is 0.594. The Kier molecular flexibility index (Phi) is 4.16. The molecule has 6 heteroatoms. The molecule has 0 aliphatic rings. The number of halogens is 3. The first-order chi connectivity index (χ1) is 5.91. The molecule has 0 aromatic heterocycles. The van der Waals surface area contributed by atoms with E-state index in [0.717, 1.165) is 12.3 Å². The van der Waals surface area contributed by atoms with Gasteiger partial charge in [0, 0.05) is 0 Å². The van der Waals surface area contributed by atoms with Crippen molar-refractivity contribution in [1.82, 2.24) is 0 Å². The molecule has 0 spiro atoms. The average molecular weight is 194 g/mol. The summed E-state index contributed by atoms with van der Waals surface area (Å²) in [6, 6.07) is 0. The van der Waals surface area contributed by atoms with E-state index in [1.807, 2.05) is 0 Å². The maximum atomic E-state index is 12.0. The van der Waals surface area contributed by atoms with E-state index in [1.54, 1.807) is 0 Å². The topological polar surface area (TPSA) is 45.0 Å². The van der Waals surface area contributed by atoms with Crippen LogP contribution in [0.4, 0.5) is 13.2 Å². The highest BCUT2D eigenvalue weighted by Crippen LogP contribution is 2.26. The molecule has 0 atom stereocenters. The first-order valence-electron chi connectivity index (χ1n) is 3.38. The molecule has 0 aliphatic carbocycles. The monoisotopic (exact) mass is 194 g/mol. The standard InChI is InChI=1S/C7H9F3N2O/c1-3-6(7(8,9)10)12-5(2)4-11-13/h3-4,13H,1-2H3/b6-3-,11-4+,12-5-. The minimum atomic E-state index is -4.47. The van der Waals surface area contributed by atoms with Gasteiger partial charge in [0.25, 0.3) is 0 Å². The second-order valence-corrected chi connectivity index (χ2v) is 2.17. The van der Waals surface area contributed by atoms with Gasteiger partial charge in [-0.2, -0.15) is 13.2 Å². The van der Waals surface area contributed by atoms with Crippen molar-refractivity contribution in [2.45, 2.75) is 20.0 Å². The van der Waals surface area contributed by atoms with E-state index in [2.05, 4.69) is 10.1 Å². The van der Waals surface area contributed by atoms with Crippen LogP contribution in [0.25, 0.3) is 0 Å². The Labute approximate surface area is 73.3 Å². The number of allylic oxidation sites excluding steroid dienone is 2. The first kappa shape index (κ1) is 11.7. The number of oxime groups is 1. The fourth-order valence-corrected chi connectivity index (χ4v) is 0.594. The third-order valence-electron chi connectivity index (χ3n) is 1.11. The zero-order chi connectivity index (χ0) is 10.5. The molecule has 1 N–H and O–H groups in total. The van der Waals surface area contributed by atoms with Gasteiger partial charge in [0.05, 0.1) is 11.9 Å². The van der Waals surface area contributed by atoms with Crippen LogP contribution in [0.15, 0.2) is 21.9 Å². The van der Waals surface area contributed by atoms with Crippen molar-refractivity contribution in [3.63, 3.8) is 0 Å². The van der Waals surface area contributed by atoms with Gasteiger partial charge in [-0.15, -0.1) is 0 Å². The molecule has 0 fully saturated rings. The van der Waals surface area contributed by atoms with Gasteiger partial charge in [-0.3, -0.25) is 0 Å². The Hall–Kier alpha value is -1.33. The first-order valence-corrected chi connectivity index (χ1v) is 3.38. The Balaban J connectivity index is 4.76. The predicted octanol–water partition coefficient (Wildman–Crippen LogP) is 2.37. The van der Waals surface area contributed by atoms with Crippen molar-refractivity contribution < 1.29 is 18.4 Å². The number of rotatable bonds is 2. The summed E-state index contributed by atoms with van der Waals surface area (Å²) in [7, 11) is 0. The average Bonchev–Trinajstić information content (AvgIpc) is 1.98. The van der Waals surface area contributed by atoms with Crippen LogP contribution in [0.1, 0.15) is 13.8 Å². The third-order valence-corrected chi connectivity index (χ3v) is 1.11. The quantitative estimate of drug-likeness (QED) is 0.409. The van der Waals surface area contributed by atoms with Crippen molar-refractivity contribution in [3.05, 3.63) is 11.8 Å². The van der Waals surface area contributed by atoms with Crippen LogP contribution in [-0.4, -0.2) is 23.3 Å². The molecule has 0 aliphatic heterocycles. The van der Waals surface area contributed by atoms with Gasteiger partial charge in [0.1, 0.15) is 5.70 Å². The van der Waals surface area contributed by atoms with Crippen molar-refractivity contribution in [2.24, 2.45) is 10.1 Å². The molecule has 0 saturated carbocycles. The maximum Gasteiger partial charge on any atom is 0.433 e. The molecule has 0 bridgehead atoms. The Bertz CT molecular complexity index is 253. The summed E-state index contributed by atoms with van der Waals surface area (Å²) in [4.78, 5) is 3.20. The Morgan fingerprint density at radius 1 is 1.38 bits per heavy atom. The molecular formula is C7H9F3N2O. The predicted molar refractivity (Wildman–Crippen MR) is 43.2 cm³/mol. The zero-order valence-corrected chi connectivity index (χ0v) is 7.13. The number of alkyl halides is 3. The lowest BCUT2D eigenvalue weighted by atomic mass is 10.4. The smallest absolute Gasteiger partial charge is 0.411 e. The summed E-state index contributed by atoms with van der Waals surface area (Å²) < 4.78 is 36.1. The van der Waals surface area contributed by atoms with Gasteiger partial charge in [-0.1, -0.05) is 11.2 Å². The summed E-state index contributed by atoms with van der Waals surface area (Å²) in [5.74, 6) is 0. The zero-order valence-electron chi connectivity index (χ0n) is 7.13. The maximum absolute atomic E-state index is 12.0. The molecule has 0 unspecified atom stereocenters. The molecule has 0 heterocycles. The van der Waals surface area contributed by atoms with E-state index in [1.165, 1.54) is 13.8 Å². The van der Waals surface area contributed by atoms with Gasteiger partial charge >= 0.3 is 6.18 Å². The van der Waals surface area contributed by atoms with Gasteiger partial charge < -0.3 is 5.21 Å². The summed E-state index contributed by atoms with van der Waals surface area (Å²) in [5.41, 5.74) is -1.03. The Morgan fingerprint density at radius 3 is 2.23 bits per heavy atom. The highest BCUT2D eigenvalue weighted by molar-refractivity contribution is 6.29. The molecule has 13 heavy (non-hydrogen) atoms. The van der Waals surface area contributed by atoms with Crippen molar-refractivity contribution in [3.8, 4) is 0 Å². The molecule has 0 radical (unpaired) electrons. The normalized spacial score (nSPS) is 15.5. The van der Waals surface area contributed by atoms with Crippen LogP contribution >= 0.6 is 0 Å². The largest absolute Gasteiger partial charge is 0.433 e. The molecule has 0 saturated heterocycles. The highest BCUT2D eigenvalue weighted by atomic mass is 19.4. The second-order valence-electron chi connectivity index (χ2n) is 2.17. The molecule has 3 nitrogen and oxygen atoms in total. The van der Waals surface area contributed by atoms with Crippen molar-refractivity contribution in [1.29, 1.82) is 0 Å². The van der Waals surface area contributed by atoms with Crippen LogP contribution in [0.3, 0.4) is 0 Å². The van der Waals surface area contributed by atoms with E-state index in [9.17, 15) is 13.2 Å². The molecule has 74 valence electrons. The van der Waals surface area contributed by atoms with Crippen LogP contribution in [-0.2, 0) is 0 Å². The number of aliphatic imine (C=N–C) groups is 1.